The Morgan fingerprint density at radius 2 is 1.56 bits per heavy atom. The fourth-order valence-electron chi connectivity index (χ4n) is 3.16. The van der Waals surface area contributed by atoms with Crippen LogP contribution >= 0.6 is 11.3 Å². The average Bonchev–Trinajstić information content (AvgIpc) is 3.21. The molecule has 2 aromatic heterocycles. The van der Waals surface area contributed by atoms with Gasteiger partial charge >= 0.3 is 0 Å². The molecule has 2 heterocycles. The highest BCUT2D eigenvalue weighted by atomic mass is 32.1. The number of benzene rings is 2. The summed E-state index contributed by atoms with van der Waals surface area (Å²) in [5, 5.41) is 0.714. The fraction of sp³-hybridized carbons (Fsp3) is 0.0833. The first kappa shape index (κ1) is 21.2. The van der Waals surface area contributed by atoms with Gasteiger partial charge in [-0.25, -0.2) is 4.98 Å². The van der Waals surface area contributed by atoms with E-state index in [-0.39, 0.29) is 5.56 Å². The number of hydrogen-bond acceptors (Lipinski definition) is 5. The zero-order valence-electron chi connectivity index (χ0n) is 17.2. The van der Waals surface area contributed by atoms with Gasteiger partial charge in [0.15, 0.2) is 0 Å². The number of amides is 2. The topological polar surface area (TPSA) is 93.1 Å². The highest BCUT2D eigenvalue weighted by molar-refractivity contribution is 7.17. The Balaban J connectivity index is 1.45. The number of nitrogens with zero attached hydrogens (tertiary/aromatic N) is 2. The van der Waals surface area contributed by atoms with Crippen molar-refractivity contribution in [2.75, 3.05) is 0 Å². The Morgan fingerprint density at radius 1 is 0.906 bits per heavy atom. The molecular weight excluding hydrogens is 424 g/mol. The fourth-order valence-corrected chi connectivity index (χ4v) is 4.13. The number of pyridine rings is 1. The maximum atomic E-state index is 12.7. The largest absolute Gasteiger partial charge is 0.310 e. The summed E-state index contributed by atoms with van der Waals surface area (Å²) in [6.45, 7) is 2.08. The maximum absolute atomic E-state index is 12.7. The van der Waals surface area contributed by atoms with E-state index < -0.39 is 17.4 Å². The lowest BCUT2D eigenvalue weighted by Crippen LogP contribution is -2.44. The molecule has 8 heteroatoms. The molecule has 0 fully saturated rings. The molecule has 160 valence electrons. The summed E-state index contributed by atoms with van der Waals surface area (Å²) in [5.74, 6) is -1.17. The zero-order chi connectivity index (χ0) is 22.5. The van der Waals surface area contributed by atoms with Crippen LogP contribution < -0.4 is 16.4 Å². The smallest absolute Gasteiger partial charge is 0.281 e. The Kier molecular flexibility index (Phi) is 6.23. The minimum Gasteiger partial charge on any atom is -0.310 e. The number of aromatic nitrogens is 2. The van der Waals surface area contributed by atoms with Gasteiger partial charge in [-0.15, -0.1) is 11.3 Å². The third-order valence-corrected chi connectivity index (χ3v) is 5.98. The molecule has 4 rings (SSSR count). The Hall–Kier alpha value is -4.04. The molecule has 0 aliphatic carbocycles. The van der Waals surface area contributed by atoms with E-state index in [1.54, 1.807) is 19.2 Å². The van der Waals surface area contributed by atoms with Crippen LogP contribution in [0.3, 0.4) is 0 Å². The lowest BCUT2D eigenvalue weighted by Gasteiger charge is -2.09. The Labute approximate surface area is 188 Å². The van der Waals surface area contributed by atoms with Gasteiger partial charge in [0, 0.05) is 11.8 Å². The monoisotopic (exact) mass is 444 g/mol. The van der Waals surface area contributed by atoms with Crippen molar-refractivity contribution in [1.82, 2.24) is 20.4 Å². The van der Waals surface area contributed by atoms with Crippen LogP contribution in [0.15, 0.2) is 83.8 Å². The molecule has 0 bridgehead atoms. The van der Waals surface area contributed by atoms with E-state index in [2.05, 4.69) is 15.8 Å². The summed E-state index contributed by atoms with van der Waals surface area (Å²) in [6, 6.07) is 22.1. The van der Waals surface area contributed by atoms with Gasteiger partial charge in [-0.1, -0.05) is 60.7 Å². The average molecular weight is 445 g/mol. The van der Waals surface area contributed by atoms with Crippen molar-refractivity contribution < 1.29 is 9.59 Å². The molecule has 2 aromatic carbocycles. The number of carbonyl (C=O) groups is 2. The molecule has 2 amide bonds. The molecule has 0 saturated heterocycles. The summed E-state index contributed by atoms with van der Waals surface area (Å²) in [5.41, 5.74) is 6.62. The van der Waals surface area contributed by atoms with Crippen LogP contribution in [0.2, 0.25) is 0 Å². The second-order valence-electron chi connectivity index (χ2n) is 7.05. The summed E-state index contributed by atoms with van der Waals surface area (Å²) >= 11 is 1.23. The molecule has 0 saturated carbocycles. The molecule has 0 spiro atoms. The number of hydrogen-bond donors (Lipinski definition) is 2. The molecule has 0 aliphatic heterocycles. The van der Waals surface area contributed by atoms with Crippen LogP contribution in [-0.4, -0.2) is 21.4 Å². The molecule has 0 atom stereocenters. The summed E-state index contributed by atoms with van der Waals surface area (Å²) in [6.07, 6.45) is 1.62. The van der Waals surface area contributed by atoms with Crippen LogP contribution in [0.5, 0.6) is 0 Å². The van der Waals surface area contributed by atoms with E-state index >= 15 is 0 Å². The highest BCUT2D eigenvalue weighted by Crippen LogP contribution is 2.27. The number of aryl methyl sites for hydroxylation is 1. The van der Waals surface area contributed by atoms with Gasteiger partial charge in [-0.05, 0) is 24.6 Å². The molecule has 4 aromatic rings. The highest BCUT2D eigenvalue weighted by Gasteiger charge is 2.18. The van der Waals surface area contributed by atoms with E-state index in [9.17, 15) is 14.4 Å². The first-order valence-corrected chi connectivity index (χ1v) is 10.7. The van der Waals surface area contributed by atoms with Crippen molar-refractivity contribution in [3.05, 3.63) is 111 Å². The molecular formula is C24H20N4O3S. The quantitative estimate of drug-likeness (QED) is 0.462. The first-order chi connectivity index (χ1) is 15.5. The van der Waals surface area contributed by atoms with Crippen LogP contribution in [0.1, 0.15) is 31.3 Å². The maximum Gasteiger partial charge on any atom is 0.281 e. The standard InChI is InChI=1S/C24H20N4O3S/c1-16-20(32-23(25-16)18-11-6-3-7-12-18)22(30)27-26-21(29)19-13-8-14-28(24(19)31)15-17-9-4-2-5-10-17/h2-14H,15H2,1H3,(H,26,29)(H,27,30). The number of hydrazine groups is 1. The molecule has 0 unspecified atom stereocenters. The molecule has 0 aliphatic rings. The van der Waals surface area contributed by atoms with E-state index in [4.69, 9.17) is 0 Å². The lowest BCUT2D eigenvalue weighted by atomic mass is 10.2. The number of rotatable bonds is 5. The van der Waals surface area contributed by atoms with Crippen molar-refractivity contribution in [3.8, 4) is 10.6 Å². The zero-order valence-corrected chi connectivity index (χ0v) is 18.1. The third-order valence-electron chi connectivity index (χ3n) is 4.77. The number of nitrogens with one attached hydrogen (secondary N) is 2. The van der Waals surface area contributed by atoms with Gasteiger partial charge in [-0.3, -0.25) is 25.2 Å². The minimum absolute atomic E-state index is 0.0604. The SMILES string of the molecule is Cc1nc(-c2ccccc2)sc1C(=O)NNC(=O)c1cccn(Cc2ccccc2)c1=O. The normalized spacial score (nSPS) is 10.5. The number of thiazole rings is 1. The summed E-state index contributed by atoms with van der Waals surface area (Å²) in [7, 11) is 0. The Morgan fingerprint density at radius 3 is 2.28 bits per heavy atom. The third kappa shape index (κ3) is 4.65. The van der Waals surface area contributed by atoms with Gasteiger partial charge < -0.3 is 4.57 Å². The van der Waals surface area contributed by atoms with Crippen LogP contribution in [0.4, 0.5) is 0 Å². The van der Waals surface area contributed by atoms with Crippen molar-refractivity contribution >= 4 is 23.2 Å². The number of carbonyl (C=O) groups excluding carboxylic acids is 2. The van der Waals surface area contributed by atoms with Crippen molar-refractivity contribution in [3.63, 3.8) is 0 Å². The van der Waals surface area contributed by atoms with Gasteiger partial charge in [0.25, 0.3) is 17.4 Å². The minimum atomic E-state index is -0.684. The Bertz CT molecular complexity index is 1310. The van der Waals surface area contributed by atoms with E-state index in [1.165, 1.54) is 22.0 Å². The molecule has 0 radical (unpaired) electrons. The van der Waals surface area contributed by atoms with E-state index in [0.29, 0.717) is 22.1 Å². The predicted octanol–water partition coefficient (Wildman–Crippen LogP) is 3.40. The second-order valence-corrected chi connectivity index (χ2v) is 8.05. The van der Waals surface area contributed by atoms with Gasteiger partial charge in [0.2, 0.25) is 0 Å². The first-order valence-electron chi connectivity index (χ1n) is 9.90. The van der Waals surface area contributed by atoms with E-state index in [1.807, 2.05) is 60.7 Å². The molecule has 2 N–H and O–H groups in total. The molecule has 7 nitrogen and oxygen atoms in total. The van der Waals surface area contributed by atoms with Gasteiger partial charge in [0.05, 0.1) is 12.2 Å². The summed E-state index contributed by atoms with van der Waals surface area (Å²) < 4.78 is 1.45. The predicted molar refractivity (Wildman–Crippen MR) is 123 cm³/mol. The van der Waals surface area contributed by atoms with Gasteiger partial charge in [0.1, 0.15) is 15.4 Å². The van der Waals surface area contributed by atoms with E-state index in [0.717, 1.165) is 11.1 Å². The molecule has 32 heavy (non-hydrogen) atoms. The van der Waals surface area contributed by atoms with Crippen molar-refractivity contribution in [1.29, 1.82) is 0 Å². The second kappa shape index (κ2) is 9.40. The van der Waals surface area contributed by atoms with Gasteiger partial charge in [-0.2, -0.15) is 0 Å². The van der Waals surface area contributed by atoms with Crippen LogP contribution in [0.25, 0.3) is 10.6 Å². The van der Waals surface area contributed by atoms with Crippen LogP contribution in [-0.2, 0) is 6.54 Å². The summed E-state index contributed by atoms with van der Waals surface area (Å²) in [4.78, 5) is 42.7. The lowest BCUT2D eigenvalue weighted by molar-refractivity contribution is 0.0847. The van der Waals surface area contributed by atoms with Crippen molar-refractivity contribution in [2.24, 2.45) is 0 Å². The van der Waals surface area contributed by atoms with Crippen LogP contribution in [0, 0.1) is 6.92 Å². The van der Waals surface area contributed by atoms with Crippen molar-refractivity contribution in [2.45, 2.75) is 13.5 Å².